The van der Waals surface area contributed by atoms with E-state index in [1.165, 1.54) is 0 Å². The maximum absolute atomic E-state index is 4.85. The minimum atomic E-state index is -0.621. The summed E-state index contributed by atoms with van der Waals surface area (Å²) >= 11 is 0. The number of aryl methyl sites for hydroxylation is 1. The van der Waals surface area contributed by atoms with Gasteiger partial charge in [0.2, 0.25) is 0 Å². The van der Waals surface area contributed by atoms with Crippen LogP contribution < -0.4 is 4.57 Å². The number of aromatic nitrogens is 3. The Morgan fingerprint density at radius 3 is 1.58 bits per heavy atom. The Balaban J connectivity index is 1.70. The Morgan fingerprint density at radius 1 is 0.636 bits per heavy atom. The molecule has 158 valence electrons. The molecular weight excluding hydrogens is 402 g/mol. The van der Waals surface area contributed by atoms with Crippen molar-refractivity contribution in [3.8, 4) is 11.8 Å². The number of hydrogen-bond acceptors (Lipinski definition) is 1. The van der Waals surface area contributed by atoms with Crippen molar-refractivity contribution in [2.75, 3.05) is 0 Å². The summed E-state index contributed by atoms with van der Waals surface area (Å²) < 4.78 is 4.04. The van der Waals surface area contributed by atoms with E-state index in [0.29, 0.717) is 0 Å². The molecule has 33 heavy (non-hydrogen) atoms. The van der Waals surface area contributed by atoms with Crippen LogP contribution in [0.4, 0.5) is 0 Å². The van der Waals surface area contributed by atoms with Crippen molar-refractivity contribution in [2.24, 2.45) is 7.05 Å². The minimum Gasteiger partial charge on any atom is -0.252 e. The summed E-state index contributed by atoms with van der Waals surface area (Å²) in [5.41, 5.74) is 4.64. The van der Waals surface area contributed by atoms with Crippen LogP contribution in [0.3, 0.4) is 0 Å². The fourth-order valence-electron chi connectivity index (χ4n) is 4.23. The van der Waals surface area contributed by atoms with Gasteiger partial charge in [-0.3, -0.25) is 4.68 Å². The average Bonchev–Trinajstić information content (AvgIpc) is 3.35. The molecule has 5 rings (SSSR count). The molecule has 0 bridgehead atoms. The Labute approximate surface area is 194 Å². The second kappa shape index (κ2) is 8.98. The first-order valence-electron chi connectivity index (χ1n) is 11.0. The van der Waals surface area contributed by atoms with Gasteiger partial charge in [0.05, 0.1) is 11.8 Å². The van der Waals surface area contributed by atoms with Gasteiger partial charge in [-0.25, -0.2) is 4.57 Å². The van der Waals surface area contributed by atoms with Gasteiger partial charge in [0.1, 0.15) is 12.6 Å². The standard InChI is InChI=1S/C30H24N3/c1-32-21-19-25(20-22-32)17-18-26-23-31-33(24-26)30(27-11-5-2-6-12-27,28-13-7-3-8-14-28)29-15-9-4-10-16-29/h2-16,19-24H,1H3/q+1. The van der Waals surface area contributed by atoms with E-state index in [0.717, 1.165) is 27.8 Å². The molecule has 5 aromatic rings. The van der Waals surface area contributed by atoms with Crippen molar-refractivity contribution < 1.29 is 4.57 Å². The molecule has 0 aliphatic rings. The summed E-state index contributed by atoms with van der Waals surface area (Å²) in [5.74, 6) is 6.54. The topological polar surface area (TPSA) is 21.7 Å². The fourth-order valence-corrected chi connectivity index (χ4v) is 4.23. The molecular formula is C30H24N3+. The largest absolute Gasteiger partial charge is 0.252 e. The van der Waals surface area contributed by atoms with Crippen molar-refractivity contribution in [3.63, 3.8) is 0 Å². The van der Waals surface area contributed by atoms with Crippen LogP contribution in [0.1, 0.15) is 27.8 Å². The lowest BCUT2D eigenvalue weighted by atomic mass is 9.77. The minimum absolute atomic E-state index is 0.621. The lowest BCUT2D eigenvalue weighted by Crippen LogP contribution is -2.38. The molecule has 0 N–H and O–H groups in total. The fraction of sp³-hybridized carbons (Fsp3) is 0.0667. The highest BCUT2D eigenvalue weighted by Crippen LogP contribution is 2.40. The van der Waals surface area contributed by atoms with E-state index in [9.17, 15) is 0 Å². The monoisotopic (exact) mass is 426 g/mol. The van der Waals surface area contributed by atoms with Gasteiger partial charge in [0.25, 0.3) is 0 Å². The van der Waals surface area contributed by atoms with E-state index in [4.69, 9.17) is 5.10 Å². The third-order valence-electron chi connectivity index (χ3n) is 5.83. The third kappa shape index (κ3) is 3.95. The van der Waals surface area contributed by atoms with E-state index in [1.807, 2.05) is 71.4 Å². The molecule has 2 aromatic heterocycles. The molecule has 3 nitrogen and oxygen atoms in total. The maximum atomic E-state index is 4.85. The molecule has 2 heterocycles. The molecule has 0 atom stereocenters. The zero-order valence-electron chi connectivity index (χ0n) is 18.5. The Hall–Kier alpha value is -4.42. The van der Waals surface area contributed by atoms with Crippen LogP contribution >= 0.6 is 0 Å². The molecule has 3 heteroatoms. The summed E-state index contributed by atoms with van der Waals surface area (Å²) in [4.78, 5) is 0. The normalized spacial score (nSPS) is 10.9. The van der Waals surface area contributed by atoms with Crippen molar-refractivity contribution in [2.45, 2.75) is 5.54 Å². The van der Waals surface area contributed by atoms with Crippen molar-refractivity contribution >= 4 is 0 Å². The Kier molecular flexibility index (Phi) is 5.57. The summed E-state index contributed by atoms with van der Waals surface area (Å²) in [6.07, 6.45) is 7.89. The Morgan fingerprint density at radius 2 is 1.09 bits per heavy atom. The molecule has 0 spiro atoms. The van der Waals surface area contributed by atoms with Crippen molar-refractivity contribution in [1.29, 1.82) is 0 Å². The van der Waals surface area contributed by atoms with Gasteiger partial charge in [-0.15, -0.1) is 0 Å². The van der Waals surface area contributed by atoms with E-state index in [2.05, 4.69) is 84.6 Å². The number of pyridine rings is 1. The highest BCUT2D eigenvalue weighted by molar-refractivity contribution is 5.51. The highest BCUT2D eigenvalue weighted by atomic mass is 15.3. The summed E-state index contributed by atoms with van der Waals surface area (Å²) in [7, 11) is 2.00. The van der Waals surface area contributed by atoms with Crippen LogP contribution in [0.5, 0.6) is 0 Å². The van der Waals surface area contributed by atoms with Crippen LogP contribution in [0.2, 0.25) is 0 Å². The van der Waals surface area contributed by atoms with Crippen molar-refractivity contribution in [3.05, 3.63) is 156 Å². The first-order chi connectivity index (χ1) is 16.3. The second-order valence-electron chi connectivity index (χ2n) is 7.98. The lowest BCUT2D eigenvalue weighted by molar-refractivity contribution is -0.671. The predicted molar refractivity (Wildman–Crippen MR) is 130 cm³/mol. The van der Waals surface area contributed by atoms with E-state index in [-0.39, 0.29) is 0 Å². The molecule has 0 unspecified atom stereocenters. The number of nitrogens with zero attached hydrogens (tertiary/aromatic N) is 3. The first kappa shape index (κ1) is 20.5. The number of hydrogen-bond donors (Lipinski definition) is 0. The summed E-state index contributed by atoms with van der Waals surface area (Å²) in [5, 5.41) is 4.85. The van der Waals surface area contributed by atoms with Gasteiger partial charge in [-0.2, -0.15) is 5.10 Å². The molecule has 0 saturated heterocycles. The van der Waals surface area contributed by atoms with Crippen LogP contribution in [0.15, 0.2) is 128 Å². The second-order valence-corrected chi connectivity index (χ2v) is 7.98. The maximum Gasteiger partial charge on any atom is 0.169 e. The quantitative estimate of drug-likeness (QED) is 0.226. The van der Waals surface area contributed by atoms with E-state index >= 15 is 0 Å². The zero-order valence-corrected chi connectivity index (χ0v) is 18.5. The third-order valence-corrected chi connectivity index (χ3v) is 5.83. The van der Waals surface area contributed by atoms with Crippen LogP contribution in [0.25, 0.3) is 0 Å². The molecule has 0 saturated carbocycles. The van der Waals surface area contributed by atoms with Crippen LogP contribution in [-0.4, -0.2) is 9.78 Å². The average molecular weight is 427 g/mol. The lowest BCUT2D eigenvalue weighted by Gasteiger charge is -2.36. The summed E-state index contributed by atoms with van der Waals surface area (Å²) in [6.45, 7) is 0. The zero-order chi connectivity index (χ0) is 22.5. The molecule has 0 radical (unpaired) electrons. The van der Waals surface area contributed by atoms with Crippen LogP contribution in [-0.2, 0) is 12.6 Å². The van der Waals surface area contributed by atoms with Gasteiger partial charge in [0.15, 0.2) is 12.4 Å². The highest BCUT2D eigenvalue weighted by Gasteiger charge is 2.39. The first-order valence-corrected chi connectivity index (χ1v) is 11.0. The van der Waals surface area contributed by atoms with Gasteiger partial charge in [-0.1, -0.05) is 103 Å². The SMILES string of the molecule is C[n+]1ccc(C#Cc2cnn(C(c3ccccc3)(c3ccccc3)c3ccccc3)c2)cc1. The van der Waals surface area contributed by atoms with Gasteiger partial charge >= 0.3 is 0 Å². The summed E-state index contributed by atoms with van der Waals surface area (Å²) in [6, 6.07) is 35.6. The molecule has 0 aliphatic carbocycles. The van der Waals surface area contributed by atoms with E-state index in [1.54, 1.807) is 0 Å². The van der Waals surface area contributed by atoms with E-state index < -0.39 is 5.54 Å². The molecule has 0 amide bonds. The van der Waals surface area contributed by atoms with Gasteiger partial charge in [-0.05, 0) is 16.7 Å². The van der Waals surface area contributed by atoms with Crippen LogP contribution in [0, 0.1) is 11.8 Å². The van der Waals surface area contributed by atoms with Crippen molar-refractivity contribution in [1.82, 2.24) is 9.78 Å². The number of benzene rings is 3. The Bertz CT molecular complexity index is 1300. The smallest absolute Gasteiger partial charge is 0.169 e. The molecule has 0 aliphatic heterocycles. The number of rotatable bonds is 4. The predicted octanol–water partition coefficient (Wildman–Crippen LogP) is 4.95. The molecule has 0 fully saturated rings. The molecule has 3 aromatic carbocycles. The van der Waals surface area contributed by atoms with Gasteiger partial charge in [0, 0.05) is 23.9 Å². The van der Waals surface area contributed by atoms with Gasteiger partial charge < -0.3 is 0 Å².